The maximum absolute atomic E-state index is 5.56. The average molecular weight is 490 g/mol. The van der Waals surface area contributed by atoms with Gasteiger partial charge in [-0.25, -0.2) is 15.0 Å². The zero-order valence-electron chi connectivity index (χ0n) is 18.1. The first kappa shape index (κ1) is 20.8. The Kier molecular flexibility index (Phi) is 5.76. The molecule has 162 valence electrons. The van der Waals surface area contributed by atoms with E-state index < -0.39 is 0 Å². The van der Waals surface area contributed by atoms with E-state index in [0.717, 1.165) is 56.8 Å². The van der Waals surface area contributed by atoms with Crippen molar-refractivity contribution in [3.05, 3.63) is 65.4 Å². The normalized spacial score (nSPS) is 14.0. The zero-order chi connectivity index (χ0) is 22.1. The number of nitrogens with zero attached hydrogens (tertiary/aromatic N) is 5. The molecule has 4 aromatic rings. The molecule has 6 nitrogen and oxygen atoms in total. The summed E-state index contributed by atoms with van der Waals surface area (Å²) in [6, 6.07) is 18.9. The number of ether oxygens (including phenoxy) is 1. The van der Waals surface area contributed by atoms with Gasteiger partial charge in [-0.1, -0.05) is 40.2 Å². The summed E-state index contributed by atoms with van der Waals surface area (Å²) in [5, 5.41) is 0.973. The van der Waals surface area contributed by atoms with Gasteiger partial charge in [0.1, 0.15) is 12.1 Å². The van der Waals surface area contributed by atoms with Crippen LogP contribution in [0.25, 0.3) is 33.4 Å². The second kappa shape index (κ2) is 8.84. The largest absolute Gasteiger partial charge is 0.378 e. The quantitative estimate of drug-likeness (QED) is 0.400. The number of anilines is 2. The Balaban J connectivity index is 1.73. The third-order valence-corrected chi connectivity index (χ3v) is 6.20. The van der Waals surface area contributed by atoms with Crippen molar-refractivity contribution < 1.29 is 4.74 Å². The molecular formula is C25H24BrN5O. The van der Waals surface area contributed by atoms with Gasteiger partial charge in [-0.05, 0) is 41.5 Å². The predicted molar refractivity (Wildman–Crippen MR) is 133 cm³/mol. The van der Waals surface area contributed by atoms with E-state index in [1.165, 1.54) is 0 Å². The van der Waals surface area contributed by atoms with E-state index in [2.05, 4.69) is 84.2 Å². The van der Waals surface area contributed by atoms with Crippen molar-refractivity contribution in [1.82, 2.24) is 15.0 Å². The molecule has 2 aromatic carbocycles. The van der Waals surface area contributed by atoms with Crippen molar-refractivity contribution in [1.29, 1.82) is 0 Å². The highest BCUT2D eigenvalue weighted by atomic mass is 79.9. The summed E-state index contributed by atoms with van der Waals surface area (Å²) in [5.74, 6) is 0.912. The number of rotatable bonds is 4. The number of fused-ring (bicyclic) bond motifs is 1. The topological polar surface area (TPSA) is 54.4 Å². The van der Waals surface area contributed by atoms with Crippen molar-refractivity contribution in [2.24, 2.45) is 0 Å². The molecule has 1 aliphatic heterocycles. The van der Waals surface area contributed by atoms with Crippen LogP contribution in [0.2, 0.25) is 0 Å². The number of hydrogen-bond donors (Lipinski definition) is 0. The molecule has 0 radical (unpaired) electrons. The molecule has 1 saturated heterocycles. The van der Waals surface area contributed by atoms with Gasteiger partial charge in [0.15, 0.2) is 5.65 Å². The summed E-state index contributed by atoms with van der Waals surface area (Å²) in [6.07, 6.45) is 1.61. The first-order valence-corrected chi connectivity index (χ1v) is 11.4. The van der Waals surface area contributed by atoms with Crippen LogP contribution in [-0.4, -0.2) is 55.4 Å². The molecule has 0 saturated carbocycles. The minimum atomic E-state index is 0.696. The monoisotopic (exact) mass is 489 g/mol. The lowest BCUT2D eigenvalue weighted by atomic mass is 9.99. The lowest BCUT2D eigenvalue weighted by Gasteiger charge is -2.29. The van der Waals surface area contributed by atoms with Crippen molar-refractivity contribution >= 4 is 38.5 Å². The lowest BCUT2D eigenvalue weighted by Crippen LogP contribution is -2.37. The predicted octanol–water partition coefficient (Wildman–Crippen LogP) is 5.02. The molecule has 3 heterocycles. The van der Waals surface area contributed by atoms with Crippen molar-refractivity contribution in [2.75, 3.05) is 50.2 Å². The fourth-order valence-electron chi connectivity index (χ4n) is 4.03. The van der Waals surface area contributed by atoms with Gasteiger partial charge >= 0.3 is 0 Å². The van der Waals surface area contributed by atoms with E-state index in [4.69, 9.17) is 9.72 Å². The van der Waals surface area contributed by atoms with E-state index in [9.17, 15) is 0 Å². The van der Waals surface area contributed by atoms with Crippen molar-refractivity contribution in [3.63, 3.8) is 0 Å². The van der Waals surface area contributed by atoms with Crippen molar-refractivity contribution in [2.45, 2.75) is 0 Å². The van der Waals surface area contributed by atoms with Gasteiger partial charge in [0.2, 0.25) is 0 Å². The van der Waals surface area contributed by atoms with Crippen LogP contribution < -0.4 is 9.80 Å². The molecule has 7 heteroatoms. The zero-order valence-corrected chi connectivity index (χ0v) is 19.7. The van der Waals surface area contributed by atoms with Gasteiger partial charge in [0.05, 0.1) is 24.3 Å². The summed E-state index contributed by atoms with van der Waals surface area (Å²) < 4.78 is 6.59. The lowest BCUT2D eigenvalue weighted by molar-refractivity contribution is 0.122. The highest BCUT2D eigenvalue weighted by Gasteiger charge is 2.20. The Bertz CT molecular complexity index is 1250. The van der Waals surface area contributed by atoms with Crippen LogP contribution >= 0.6 is 15.9 Å². The van der Waals surface area contributed by atoms with Crippen LogP contribution in [0.1, 0.15) is 0 Å². The maximum Gasteiger partial charge on any atom is 0.165 e. The van der Waals surface area contributed by atoms with Crippen LogP contribution in [0.15, 0.2) is 65.4 Å². The SMILES string of the molecule is CN(C)c1ccc(-c2cc(-c3cccc(Br)c3)c3c(N4CCOCC4)ncnc3n2)cc1. The van der Waals surface area contributed by atoms with E-state index in [0.29, 0.717) is 18.9 Å². The highest BCUT2D eigenvalue weighted by Crippen LogP contribution is 2.37. The van der Waals surface area contributed by atoms with Crippen LogP contribution in [0, 0.1) is 0 Å². The van der Waals surface area contributed by atoms with Crippen LogP contribution in [-0.2, 0) is 4.74 Å². The first-order chi connectivity index (χ1) is 15.6. The minimum absolute atomic E-state index is 0.696. The van der Waals surface area contributed by atoms with Crippen LogP contribution in [0.5, 0.6) is 0 Å². The number of morpholine rings is 1. The smallest absolute Gasteiger partial charge is 0.165 e. The van der Waals surface area contributed by atoms with Gasteiger partial charge in [0.25, 0.3) is 0 Å². The maximum atomic E-state index is 5.56. The fourth-order valence-corrected chi connectivity index (χ4v) is 4.42. The molecule has 0 amide bonds. The van der Waals surface area contributed by atoms with Crippen molar-refractivity contribution in [3.8, 4) is 22.4 Å². The van der Waals surface area contributed by atoms with E-state index in [1.807, 2.05) is 20.2 Å². The summed E-state index contributed by atoms with van der Waals surface area (Å²) >= 11 is 3.63. The molecule has 0 spiro atoms. The number of hydrogen-bond acceptors (Lipinski definition) is 6. The molecule has 2 aromatic heterocycles. The summed E-state index contributed by atoms with van der Waals surface area (Å²) in [7, 11) is 4.08. The molecule has 1 aliphatic rings. The van der Waals surface area contributed by atoms with Gasteiger partial charge in [-0.15, -0.1) is 0 Å². The second-order valence-electron chi connectivity index (χ2n) is 8.00. The van der Waals surface area contributed by atoms with Gasteiger partial charge < -0.3 is 14.5 Å². The molecule has 1 fully saturated rings. The summed E-state index contributed by atoms with van der Waals surface area (Å²) in [4.78, 5) is 18.6. The van der Waals surface area contributed by atoms with Gasteiger partial charge in [0, 0.05) is 42.9 Å². The molecule has 0 bridgehead atoms. The molecule has 0 atom stereocenters. The van der Waals surface area contributed by atoms with E-state index >= 15 is 0 Å². The van der Waals surface area contributed by atoms with E-state index in [-0.39, 0.29) is 0 Å². The Morgan fingerprint density at radius 3 is 2.44 bits per heavy atom. The third kappa shape index (κ3) is 4.06. The van der Waals surface area contributed by atoms with Crippen LogP contribution in [0.3, 0.4) is 0 Å². The Morgan fingerprint density at radius 1 is 0.938 bits per heavy atom. The molecular weight excluding hydrogens is 466 g/mol. The Labute approximate surface area is 196 Å². The fraction of sp³-hybridized carbons (Fsp3) is 0.240. The van der Waals surface area contributed by atoms with Gasteiger partial charge in [-0.3, -0.25) is 0 Å². The number of pyridine rings is 1. The Morgan fingerprint density at radius 2 is 1.72 bits per heavy atom. The second-order valence-corrected chi connectivity index (χ2v) is 8.92. The molecule has 0 unspecified atom stereocenters. The molecule has 0 aliphatic carbocycles. The van der Waals surface area contributed by atoms with E-state index in [1.54, 1.807) is 6.33 Å². The Hall–Kier alpha value is -3.03. The van der Waals surface area contributed by atoms with Crippen LogP contribution in [0.4, 0.5) is 11.5 Å². The highest BCUT2D eigenvalue weighted by molar-refractivity contribution is 9.10. The number of aromatic nitrogens is 3. The van der Waals surface area contributed by atoms with Gasteiger partial charge in [-0.2, -0.15) is 0 Å². The molecule has 32 heavy (non-hydrogen) atoms. The third-order valence-electron chi connectivity index (χ3n) is 5.71. The molecule has 0 N–H and O–H groups in total. The number of benzene rings is 2. The summed E-state index contributed by atoms with van der Waals surface area (Å²) in [6.45, 7) is 3.00. The first-order valence-electron chi connectivity index (χ1n) is 10.6. The molecule has 5 rings (SSSR count). The standard InChI is InChI=1S/C25H24BrN5O/c1-30(2)20-8-6-17(7-9-20)22-15-21(18-4-3-5-19(26)14-18)23-24(29-22)27-16-28-25(23)31-10-12-32-13-11-31/h3-9,14-16H,10-13H2,1-2H3. The number of halogens is 1. The summed E-state index contributed by atoms with van der Waals surface area (Å²) in [5.41, 5.74) is 5.97. The average Bonchev–Trinajstić information content (AvgIpc) is 2.83. The minimum Gasteiger partial charge on any atom is -0.378 e.